The molecule has 4 aromatic heterocycles. The van der Waals surface area contributed by atoms with E-state index in [1.54, 1.807) is 40.0 Å². The van der Waals surface area contributed by atoms with Gasteiger partial charge in [-0.3, -0.25) is 24.5 Å². The summed E-state index contributed by atoms with van der Waals surface area (Å²) in [5, 5.41) is 16.5. The fourth-order valence-corrected chi connectivity index (χ4v) is 7.88. The average Bonchev–Trinajstić information content (AvgIpc) is 3.95. The number of nitrogens with one attached hydrogen (secondary N) is 3. The van der Waals surface area contributed by atoms with Gasteiger partial charge in [0.1, 0.15) is 11.7 Å². The van der Waals surface area contributed by atoms with Gasteiger partial charge in [0.25, 0.3) is 5.91 Å². The van der Waals surface area contributed by atoms with Crippen LogP contribution >= 0.6 is 11.6 Å². The second-order valence-corrected chi connectivity index (χ2v) is 15.2. The smallest absolute Gasteiger partial charge is 0.323 e. The summed E-state index contributed by atoms with van der Waals surface area (Å²) in [6, 6.07) is 7.89. The van der Waals surface area contributed by atoms with Crippen LogP contribution in [0.25, 0.3) is 17.2 Å². The predicted octanol–water partition coefficient (Wildman–Crippen LogP) is 4.42. The van der Waals surface area contributed by atoms with Gasteiger partial charge in [0.15, 0.2) is 5.65 Å². The minimum atomic E-state index is -0.652. The lowest BCUT2D eigenvalue weighted by Crippen LogP contribution is -2.52. The van der Waals surface area contributed by atoms with Crippen molar-refractivity contribution in [3.05, 3.63) is 76.7 Å². The topological polar surface area (TPSA) is 213 Å². The van der Waals surface area contributed by atoms with Crippen LogP contribution in [0.3, 0.4) is 0 Å². The molecule has 0 bridgehead atoms. The van der Waals surface area contributed by atoms with Crippen LogP contribution < -0.4 is 20.9 Å². The van der Waals surface area contributed by atoms with Gasteiger partial charge in [-0.05, 0) is 55.0 Å². The molecule has 3 aliphatic heterocycles. The molecular weight excluding hydrogens is 768 g/mol. The summed E-state index contributed by atoms with van der Waals surface area (Å²) in [4.78, 5) is 81.8. The molecule has 0 spiro atoms. The van der Waals surface area contributed by atoms with Crippen molar-refractivity contribution in [2.45, 2.75) is 70.9 Å². The molecule has 0 saturated carbocycles. The van der Waals surface area contributed by atoms with Gasteiger partial charge in [0.05, 0.1) is 40.7 Å². The molecule has 1 atom stereocenters. The Morgan fingerprint density at radius 2 is 1.84 bits per heavy atom. The fourth-order valence-electron chi connectivity index (χ4n) is 7.63. The normalized spacial score (nSPS) is 16.9. The highest BCUT2D eigenvalue weighted by molar-refractivity contribution is 6.33. The summed E-state index contributed by atoms with van der Waals surface area (Å²) in [5.41, 5.74) is 5.07. The number of amides is 6. The van der Waals surface area contributed by atoms with Crippen LogP contribution in [0, 0.1) is 0 Å². The standard InChI is InChI=1S/C39H41ClN12O6/c1-22(2)35-28(20-41-30-11-12-43-52(30)35)45-39(57)44-24-18-27(40)34(42-19-24)36-47-32(58-48-36)5-3-4-6-33(54)50-15-13-49(14-16-50)25-7-8-26-23(17-25)21-51(38(26)56)29-9-10-31(53)46-37(29)55/h7-8,11-12,17-20,22,29H,3-6,9-10,13-16,21H2,1-2H3,(H2,44,45,57)(H,46,53,55). The van der Waals surface area contributed by atoms with Gasteiger partial charge in [0.2, 0.25) is 29.4 Å². The summed E-state index contributed by atoms with van der Waals surface area (Å²) in [5.74, 6) is -0.179. The van der Waals surface area contributed by atoms with E-state index < -0.39 is 18.0 Å². The first kappa shape index (κ1) is 38.4. The van der Waals surface area contributed by atoms with Gasteiger partial charge in [-0.1, -0.05) is 30.6 Å². The molecule has 7 heterocycles. The van der Waals surface area contributed by atoms with Crippen LogP contribution in [0.5, 0.6) is 0 Å². The number of fused-ring (bicyclic) bond motifs is 2. The van der Waals surface area contributed by atoms with Gasteiger partial charge in [-0.15, -0.1) is 0 Å². The Labute approximate surface area is 337 Å². The van der Waals surface area contributed by atoms with Gasteiger partial charge in [0, 0.05) is 69.3 Å². The molecule has 1 aromatic carbocycles. The molecule has 3 N–H and O–H groups in total. The van der Waals surface area contributed by atoms with Crippen molar-refractivity contribution in [2.24, 2.45) is 0 Å². The van der Waals surface area contributed by atoms with Gasteiger partial charge in [-0.25, -0.2) is 19.3 Å². The molecule has 3 aliphatic rings. The number of piperidine rings is 1. The number of aromatic nitrogens is 6. The van der Waals surface area contributed by atoms with Crippen LogP contribution in [0.2, 0.25) is 5.02 Å². The van der Waals surface area contributed by atoms with Gasteiger partial charge >= 0.3 is 6.03 Å². The van der Waals surface area contributed by atoms with E-state index in [1.165, 1.54) is 6.20 Å². The van der Waals surface area contributed by atoms with Crippen molar-refractivity contribution in [2.75, 3.05) is 41.7 Å². The lowest BCUT2D eigenvalue weighted by Gasteiger charge is -2.36. The number of rotatable bonds is 11. The fraction of sp³-hybridized carbons (Fsp3) is 0.385. The van der Waals surface area contributed by atoms with Crippen LogP contribution in [0.15, 0.2) is 53.4 Å². The molecule has 6 amide bonds. The molecule has 58 heavy (non-hydrogen) atoms. The van der Waals surface area contributed by atoms with Crippen molar-refractivity contribution in [1.82, 2.24) is 44.8 Å². The van der Waals surface area contributed by atoms with Gasteiger partial charge in [-0.2, -0.15) is 10.1 Å². The Morgan fingerprint density at radius 1 is 1.02 bits per heavy atom. The van der Waals surface area contributed by atoms with Crippen molar-refractivity contribution < 1.29 is 28.5 Å². The van der Waals surface area contributed by atoms with Crippen molar-refractivity contribution >= 4 is 64.0 Å². The number of benzene rings is 1. The molecule has 2 fully saturated rings. The number of hydrogen-bond donors (Lipinski definition) is 3. The number of aryl methyl sites for hydroxylation is 1. The number of pyridine rings is 1. The van der Waals surface area contributed by atoms with E-state index in [0.29, 0.717) is 99.0 Å². The Hall–Kier alpha value is -6.43. The minimum absolute atomic E-state index is 0.0662. The average molecular weight is 809 g/mol. The first-order chi connectivity index (χ1) is 28.0. The van der Waals surface area contributed by atoms with Gasteiger partial charge < -0.3 is 29.9 Å². The second-order valence-electron chi connectivity index (χ2n) is 14.8. The maximum Gasteiger partial charge on any atom is 0.323 e. The Bertz CT molecular complexity index is 2420. The number of carbonyl (C=O) groups is 5. The quantitative estimate of drug-likeness (QED) is 0.125. The SMILES string of the molecule is CC(C)c1c(NC(=O)Nc2cnc(-c3noc(CCCCC(=O)N4CCN(c5ccc6c(c5)CN(C5CCC(=O)NC5=O)C6=O)CC4)n3)c(Cl)c2)cnc2ccnn12. The monoisotopic (exact) mass is 808 g/mol. The Morgan fingerprint density at radius 3 is 2.62 bits per heavy atom. The molecule has 18 nitrogen and oxygen atoms in total. The summed E-state index contributed by atoms with van der Waals surface area (Å²) >= 11 is 6.53. The van der Waals surface area contributed by atoms with E-state index in [4.69, 9.17) is 16.1 Å². The van der Waals surface area contributed by atoms with E-state index in [9.17, 15) is 24.0 Å². The summed E-state index contributed by atoms with van der Waals surface area (Å²) in [7, 11) is 0. The number of urea groups is 1. The maximum atomic E-state index is 13.1. The maximum absolute atomic E-state index is 13.1. The third-order valence-electron chi connectivity index (χ3n) is 10.6. The molecule has 0 aliphatic carbocycles. The number of hydrogen-bond acceptors (Lipinski definition) is 12. The molecule has 19 heteroatoms. The number of anilines is 3. The first-order valence-electron chi connectivity index (χ1n) is 19.2. The predicted molar refractivity (Wildman–Crippen MR) is 211 cm³/mol. The molecule has 8 rings (SSSR count). The highest BCUT2D eigenvalue weighted by Gasteiger charge is 2.39. The Balaban J connectivity index is 0.774. The number of piperazine rings is 1. The van der Waals surface area contributed by atoms with Crippen molar-refractivity contribution in [1.29, 1.82) is 0 Å². The molecule has 300 valence electrons. The summed E-state index contributed by atoms with van der Waals surface area (Å²) in [6.45, 7) is 6.79. The van der Waals surface area contributed by atoms with E-state index >= 15 is 0 Å². The number of nitrogens with zero attached hydrogens (tertiary/aromatic N) is 9. The van der Waals surface area contributed by atoms with E-state index in [1.807, 2.05) is 30.9 Å². The first-order valence-corrected chi connectivity index (χ1v) is 19.6. The lowest BCUT2D eigenvalue weighted by molar-refractivity contribution is -0.137. The van der Waals surface area contributed by atoms with E-state index in [2.05, 4.69) is 46.1 Å². The number of halogens is 1. The zero-order chi connectivity index (χ0) is 40.5. The minimum Gasteiger partial charge on any atom is -0.368 e. The second kappa shape index (κ2) is 16.2. The number of unbranched alkanes of at least 4 members (excludes halogenated alkanes) is 1. The largest absolute Gasteiger partial charge is 0.368 e. The van der Waals surface area contributed by atoms with E-state index in [-0.39, 0.29) is 40.9 Å². The third-order valence-corrected chi connectivity index (χ3v) is 10.9. The summed E-state index contributed by atoms with van der Waals surface area (Å²) < 4.78 is 7.14. The molecule has 1 unspecified atom stereocenters. The molecule has 5 aromatic rings. The van der Waals surface area contributed by atoms with Crippen LogP contribution in [0.1, 0.15) is 79.4 Å². The third kappa shape index (κ3) is 7.91. The van der Waals surface area contributed by atoms with Crippen molar-refractivity contribution in [3.8, 4) is 11.5 Å². The van der Waals surface area contributed by atoms with E-state index in [0.717, 1.165) is 16.9 Å². The molecule has 0 radical (unpaired) electrons. The zero-order valence-corrected chi connectivity index (χ0v) is 32.7. The van der Waals surface area contributed by atoms with Crippen molar-refractivity contribution in [3.63, 3.8) is 0 Å². The molecule has 2 saturated heterocycles. The van der Waals surface area contributed by atoms with Crippen LogP contribution in [0.4, 0.5) is 21.9 Å². The summed E-state index contributed by atoms with van der Waals surface area (Å²) in [6.07, 6.45) is 7.41. The number of imide groups is 1. The number of carbonyl (C=O) groups excluding carboxylic acids is 5. The van der Waals surface area contributed by atoms with Crippen LogP contribution in [-0.2, 0) is 27.3 Å². The highest BCUT2D eigenvalue weighted by atomic mass is 35.5. The lowest BCUT2D eigenvalue weighted by atomic mass is 10.0. The Kier molecular flexibility index (Phi) is 10.7. The highest BCUT2D eigenvalue weighted by Crippen LogP contribution is 2.32. The zero-order valence-electron chi connectivity index (χ0n) is 31.9. The van der Waals surface area contributed by atoms with Crippen LogP contribution in [-0.4, -0.2) is 101 Å². The molecular formula is C39H41ClN12O6.